The van der Waals surface area contributed by atoms with E-state index in [-0.39, 0.29) is 24.8 Å². The third-order valence-electron chi connectivity index (χ3n) is 2.07. The van der Waals surface area contributed by atoms with E-state index in [2.05, 4.69) is 25.8 Å². The van der Waals surface area contributed by atoms with Crippen LogP contribution in [0.4, 0.5) is 0 Å². The van der Waals surface area contributed by atoms with E-state index < -0.39 is 5.91 Å². The fourth-order valence-corrected chi connectivity index (χ4v) is 1.22. The van der Waals surface area contributed by atoms with E-state index in [9.17, 15) is 9.59 Å². The lowest BCUT2D eigenvalue weighted by atomic mass is 10.4. The van der Waals surface area contributed by atoms with Crippen molar-refractivity contribution in [1.82, 2.24) is 25.8 Å². The maximum atomic E-state index is 11.4. The zero-order chi connectivity index (χ0) is 12.8. The van der Waals surface area contributed by atoms with E-state index in [1.807, 2.05) is 0 Å². The summed E-state index contributed by atoms with van der Waals surface area (Å²) < 4.78 is 4.88. The van der Waals surface area contributed by atoms with E-state index in [1.165, 1.54) is 18.7 Å². The van der Waals surface area contributed by atoms with Crippen LogP contribution in [0.15, 0.2) is 29.1 Å². The zero-order valence-electron chi connectivity index (χ0n) is 9.34. The van der Waals surface area contributed by atoms with Gasteiger partial charge in [-0.3, -0.25) is 14.7 Å². The standard InChI is InChI=1S/C10H11N5O3/c16-9(11-4-8-13-6-14-15-8)5-12-10(17)7-2-1-3-18-7/h1-3,6H,4-5H2,(H,11,16)(H,12,17)(H,13,14,15). The minimum absolute atomic E-state index is 0.131. The molecule has 0 fully saturated rings. The third-order valence-corrected chi connectivity index (χ3v) is 2.07. The van der Waals surface area contributed by atoms with Crippen LogP contribution in [0.2, 0.25) is 0 Å². The van der Waals surface area contributed by atoms with E-state index in [0.717, 1.165) is 0 Å². The van der Waals surface area contributed by atoms with E-state index in [1.54, 1.807) is 6.07 Å². The lowest BCUT2D eigenvalue weighted by molar-refractivity contribution is -0.120. The molecule has 2 heterocycles. The topological polar surface area (TPSA) is 113 Å². The summed E-state index contributed by atoms with van der Waals surface area (Å²) in [6.07, 6.45) is 2.74. The Kier molecular flexibility index (Phi) is 3.69. The largest absolute Gasteiger partial charge is 0.459 e. The molecule has 0 aromatic carbocycles. The predicted octanol–water partition coefficient (Wildman–Crippen LogP) is -0.556. The number of carbonyl (C=O) groups excluding carboxylic acids is 2. The number of aromatic nitrogens is 3. The quantitative estimate of drug-likeness (QED) is 0.657. The number of H-pyrrole nitrogens is 1. The van der Waals surface area contributed by atoms with Crippen LogP contribution in [-0.4, -0.2) is 33.5 Å². The second-order valence-corrected chi connectivity index (χ2v) is 3.37. The van der Waals surface area contributed by atoms with Crippen LogP contribution >= 0.6 is 0 Å². The van der Waals surface area contributed by atoms with E-state index >= 15 is 0 Å². The van der Waals surface area contributed by atoms with Gasteiger partial charge in [-0.05, 0) is 12.1 Å². The first-order chi connectivity index (χ1) is 8.75. The molecule has 0 radical (unpaired) electrons. The summed E-state index contributed by atoms with van der Waals surface area (Å²) in [5.41, 5.74) is 0. The molecule has 2 amide bonds. The Morgan fingerprint density at radius 3 is 2.94 bits per heavy atom. The van der Waals surface area contributed by atoms with Gasteiger partial charge >= 0.3 is 0 Å². The number of nitrogens with one attached hydrogen (secondary N) is 3. The molecule has 0 aliphatic carbocycles. The highest BCUT2D eigenvalue weighted by Gasteiger charge is 2.10. The highest BCUT2D eigenvalue weighted by Crippen LogP contribution is 1.98. The summed E-state index contributed by atoms with van der Waals surface area (Å²) >= 11 is 0. The molecule has 0 aliphatic heterocycles. The summed E-state index contributed by atoms with van der Waals surface area (Å²) in [7, 11) is 0. The Morgan fingerprint density at radius 1 is 1.39 bits per heavy atom. The van der Waals surface area contributed by atoms with Crippen LogP contribution in [0.25, 0.3) is 0 Å². The zero-order valence-corrected chi connectivity index (χ0v) is 9.34. The molecule has 0 spiro atoms. The van der Waals surface area contributed by atoms with E-state index in [4.69, 9.17) is 4.42 Å². The van der Waals surface area contributed by atoms with Gasteiger partial charge in [0.05, 0.1) is 19.4 Å². The molecule has 0 aliphatic rings. The molecule has 8 nitrogen and oxygen atoms in total. The minimum Gasteiger partial charge on any atom is -0.459 e. The number of hydrogen-bond donors (Lipinski definition) is 3. The van der Waals surface area contributed by atoms with Crippen molar-refractivity contribution in [3.05, 3.63) is 36.3 Å². The number of hydrogen-bond acceptors (Lipinski definition) is 5. The number of carbonyl (C=O) groups is 2. The number of rotatable bonds is 5. The van der Waals surface area contributed by atoms with Gasteiger partial charge in [0.1, 0.15) is 12.2 Å². The summed E-state index contributed by atoms with van der Waals surface area (Å²) in [6.45, 7) is 0.100. The summed E-state index contributed by atoms with van der Waals surface area (Å²) in [6, 6.07) is 3.11. The van der Waals surface area contributed by atoms with Crippen LogP contribution in [0.5, 0.6) is 0 Å². The first kappa shape index (κ1) is 11.8. The van der Waals surface area contributed by atoms with Crippen molar-refractivity contribution in [3.63, 3.8) is 0 Å². The predicted molar refractivity (Wildman–Crippen MR) is 59.3 cm³/mol. The molecule has 0 saturated heterocycles. The maximum absolute atomic E-state index is 11.4. The van der Waals surface area contributed by atoms with Gasteiger partial charge in [-0.1, -0.05) is 0 Å². The third kappa shape index (κ3) is 3.17. The smallest absolute Gasteiger partial charge is 0.287 e. The number of furan rings is 1. The number of amides is 2. The van der Waals surface area contributed by atoms with Crippen molar-refractivity contribution in [1.29, 1.82) is 0 Å². The average molecular weight is 249 g/mol. The van der Waals surface area contributed by atoms with Crippen molar-refractivity contribution >= 4 is 11.8 Å². The monoisotopic (exact) mass is 249 g/mol. The highest BCUT2D eigenvalue weighted by molar-refractivity contribution is 5.94. The van der Waals surface area contributed by atoms with Crippen molar-refractivity contribution in [3.8, 4) is 0 Å². The van der Waals surface area contributed by atoms with Crippen molar-refractivity contribution in [2.45, 2.75) is 6.54 Å². The first-order valence-corrected chi connectivity index (χ1v) is 5.18. The maximum Gasteiger partial charge on any atom is 0.287 e. The Morgan fingerprint density at radius 2 is 2.28 bits per heavy atom. The normalized spacial score (nSPS) is 10.0. The van der Waals surface area contributed by atoms with Crippen LogP contribution in [-0.2, 0) is 11.3 Å². The van der Waals surface area contributed by atoms with Crippen LogP contribution in [0, 0.1) is 0 Å². The fourth-order valence-electron chi connectivity index (χ4n) is 1.22. The molecule has 94 valence electrons. The molecule has 0 atom stereocenters. The molecule has 18 heavy (non-hydrogen) atoms. The molecular weight excluding hydrogens is 238 g/mol. The lowest BCUT2D eigenvalue weighted by Crippen LogP contribution is -2.36. The van der Waals surface area contributed by atoms with Crippen LogP contribution < -0.4 is 10.6 Å². The van der Waals surface area contributed by atoms with Crippen molar-refractivity contribution in [2.24, 2.45) is 0 Å². The van der Waals surface area contributed by atoms with E-state index in [0.29, 0.717) is 5.82 Å². The van der Waals surface area contributed by atoms with Gasteiger partial charge in [0.15, 0.2) is 5.76 Å². The molecule has 0 unspecified atom stereocenters. The van der Waals surface area contributed by atoms with Gasteiger partial charge in [-0.2, -0.15) is 5.10 Å². The molecule has 2 aromatic rings. The molecule has 0 saturated carbocycles. The van der Waals surface area contributed by atoms with Crippen LogP contribution in [0.3, 0.4) is 0 Å². The average Bonchev–Trinajstić information content (AvgIpc) is 3.05. The van der Waals surface area contributed by atoms with Crippen molar-refractivity contribution in [2.75, 3.05) is 6.54 Å². The van der Waals surface area contributed by atoms with Gasteiger partial charge in [0.25, 0.3) is 5.91 Å². The second kappa shape index (κ2) is 5.62. The number of nitrogens with zero attached hydrogens (tertiary/aromatic N) is 2. The van der Waals surface area contributed by atoms with Gasteiger partial charge < -0.3 is 15.1 Å². The Bertz CT molecular complexity index is 506. The molecule has 0 bridgehead atoms. The molecular formula is C10H11N5O3. The lowest BCUT2D eigenvalue weighted by Gasteiger charge is -2.04. The fraction of sp³-hybridized carbons (Fsp3) is 0.200. The SMILES string of the molecule is O=C(CNC(=O)c1ccco1)NCc1ncn[nH]1. The Hall–Kier alpha value is -2.64. The summed E-state index contributed by atoms with van der Waals surface area (Å²) in [5.74, 6) is -0.0557. The molecule has 3 N–H and O–H groups in total. The Balaban J connectivity index is 1.70. The van der Waals surface area contributed by atoms with Gasteiger partial charge in [0, 0.05) is 0 Å². The summed E-state index contributed by atoms with van der Waals surface area (Å²) in [4.78, 5) is 26.7. The molecule has 2 rings (SSSR count). The van der Waals surface area contributed by atoms with Gasteiger partial charge in [-0.25, -0.2) is 4.98 Å². The van der Waals surface area contributed by atoms with Gasteiger partial charge in [0.2, 0.25) is 5.91 Å². The highest BCUT2D eigenvalue weighted by atomic mass is 16.3. The number of aromatic amines is 1. The first-order valence-electron chi connectivity index (χ1n) is 5.18. The minimum atomic E-state index is -0.435. The molecule has 8 heteroatoms. The molecule has 2 aromatic heterocycles. The Labute approximate surface area is 102 Å². The van der Waals surface area contributed by atoms with Crippen molar-refractivity contribution < 1.29 is 14.0 Å². The summed E-state index contributed by atoms with van der Waals surface area (Å²) in [5, 5.41) is 11.2. The second-order valence-electron chi connectivity index (χ2n) is 3.37. The van der Waals surface area contributed by atoms with Gasteiger partial charge in [-0.15, -0.1) is 0 Å². The van der Waals surface area contributed by atoms with Crippen LogP contribution in [0.1, 0.15) is 16.4 Å².